The molecule has 5 nitrogen and oxygen atoms in total. The lowest BCUT2D eigenvalue weighted by Crippen LogP contribution is -2.02. The smallest absolute Gasteiger partial charge is 0.336 e. The molecule has 0 atom stereocenters. The van der Waals surface area contributed by atoms with E-state index in [2.05, 4.69) is 0 Å². The van der Waals surface area contributed by atoms with Crippen molar-refractivity contribution in [2.75, 3.05) is 6.79 Å². The molecule has 0 bridgehead atoms. The van der Waals surface area contributed by atoms with Crippen LogP contribution in [-0.2, 0) is 6.61 Å². The van der Waals surface area contributed by atoms with Crippen molar-refractivity contribution >= 4 is 22.6 Å². The van der Waals surface area contributed by atoms with Crippen molar-refractivity contribution in [3.05, 3.63) is 87.2 Å². The lowest BCUT2D eigenvalue weighted by atomic mass is 10.0. The molecule has 0 aliphatic carbocycles. The summed E-state index contributed by atoms with van der Waals surface area (Å²) in [7, 11) is 0. The van der Waals surface area contributed by atoms with E-state index in [1.807, 2.05) is 55.5 Å². The molecule has 0 spiro atoms. The Bertz CT molecular complexity index is 1310. The number of halogens is 1. The number of hydrogen-bond donors (Lipinski definition) is 0. The summed E-state index contributed by atoms with van der Waals surface area (Å²) in [5.41, 5.74) is 3.42. The van der Waals surface area contributed by atoms with Crippen LogP contribution in [0.5, 0.6) is 17.2 Å². The molecule has 0 radical (unpaired) electrons. The Balaban J connectivity index is 1.51. The first kappa shape index (κ1) is 18.6. The van der Waals surface area contributed by atoms with Gasteiger partial charge in [-0.2, -0.15) is 0 Å². The van der Waals surface area contributed by atoms with E-state index in [1.54, 1.807) is 6.07 Å². The van der Waals surface area contributed by atoms with Crippen molar-refractivity contribution in [1.82, 2.24) is 0 Å². The van der Waals surface area contributed by atoms with Crippen LogP contribution >= 0.6 is 11.6 Å². The quantitative estimate of drug-likeness (QED) is 0.394. The number of aryl methyl sites for hydroxylation is 1. The van der Waals surface area contributed by atoms with E-state index in [0.29, 0.717) is 27.9 Å². The van der Waals surface area contributed by atoms with Gasteiger partial charge in [0, 0.05) is 28.6 Å². The number of fused-ring (bicyclic) bond motifs is 2. The molecular weight excluding hydrogens is 404 g/mol. The number of hydrogen-bond acceptors (Lipinski definition) is 5. The molecule has 0 saturated carbocycles. The van der Waals surface area contributed by atoms with Crippen molar-refractivity contribution in [1.29, 1.82) is 0 Å². The average Bonchev–Trinajstić information content (AvgIpc) is 3.21. The number of benzene rings is 3. The third kappa shape index (κ3) is 3.27. The second-order valence-electron chi connectivity index (χ2n) is 7.00. The van der Waals surface area contributed by atoms with Crippen molar-refractivity contribution in [3.63, 3.8) is 0 Å². The van der Waals surface area contributed by atoms with Crippen LogP contribution in [0.4, 0.5) is 0 Å². The minimum absolute atomic E-state index is 0.183. The van der Waals surface area contributed by atoms with Crippen LogP contribution in [0, 0.1) is 6.92 Å². The van der Waals surface area contributed by atoms with Crippen molar-refractivity contribution < 1.29 is 18.6 Å². The van der Waals surface area contributed by atoms with E-state index in [9.17, 15) is 4.79 Å². The van der Waals surface area contributed by atoms with Gasteiger partial charge in [-0.05, 0) is 36.2 Å². The van der Waals surface area contributed by atoms with Gasteiger partial charge in [-0.1, -0.05) is 41.9 Å². The summed E-state index contributed by atoms with van der Waals surface area (Å²) < 4.78 is 22.3. The highest BCUT2D eigenvalue weighted by molar-refractivity contribution is 6.31. The van der Waals surface area contributed by atoms with Gasteiger partial charge in [-0.15, -0.1) is 0 Å². The third-order valence-electron chi connectivity index (χ3n) is 5.12. The summed E-state index contributed by atoms with van der Waals surface area (Å²) in [4.78, 5) is 12.2. The zero-order valence-corrected chi connectivity index (χ0v) is 16.9. The summed E-state index contributed by atoms with van der Waals surface area (Å²) in [6.07, 6.45) is 0. The first-order valence-corrected chi connectivity index (χ1v) is 9.81. The van der Waals surface area contributed by atoms with Crippen LogP contribution < -0.4 is 19.8 Å². The van der Waals surface area contributed by atoms with Crippen molar-refractivity contribution in [3.8, 4) is 28.4 Å². The minimum atomic E-state index is -0.402. The second-order valence-corrected chi connectivity index (χ2v) is 7.40. The summed E-state index contributed by atoms with van der Waals surface area (Å²) in [5.74, 6) is 1.89. The first-order chi connectivity index (χ1) is 14.6. The molecule has 0 N–H and O–H groups in total. The van der Waals surface area contributed by atoms with Gasteiger partial charge in [0.1, 0.15) is 17.9 Å². The molecule has 2 heterocycles. The second kappa shape index (κ2) is 7.43. The highest BCUT2D eigenvalue weighted by Crippen LogP contribution is 2.38. The Morgan fingerprint density at radius 3 is 2.57 bits per heavy atom. The molecule has 30 heavy (non-hydrogen) atoms. The Hall–Kier alpha value is -3.44. The lowest BCUT2D eigenvalue weighted by Gasteiger charge is -2.13. The fraction of sp³-hybridized carbons (Fsp3) is 0.125. The maximum atomic E-state index is 12.2. The molecule has 1 aliphatic heterocycles. The molecule has 3 aromatic carbocycles. The topological polar surface area (TPSA) is 57.9 Å². The maximum Gasteiger partial charge on any atom is 0.336 e. The van der Waals surface area contributed by atoms with Crippen molar-refractivity contribution in [2.24, 2.45) is 0 Å². The molecule has 4 aromatic rings. The molecule has 6 heteroatoms. The fourth-order valence-corrected chi connectivity index (χ4v) is 3.79. The van der Waals surface area contributed by atoms with Crippen molar-refractivity contribution in [2.45, 2.75) is 13.5 Å². The van der Waals surface area contributed by atoms with Gasteiger partial charge < -0.3 is 18.6 Å². The summed E-state index contributed by atoms with van der Waals surface area (Å²) >= 11 is 6.34. The van der Waals surface area contributed by atoms with Gasteiger partial charge in [0.15, 0.2) is 11.5 Å². The molecule has 1 aromatic heterocycles. The van der Waals surface area contributed by atoms with E-state index in [4.69, 9.17) is 30.2 Å². The molecule has 5 rings (SSSR count). The first-order valence-electron chi connectivity index (χ1n) is 9.44. The molecule has 150 valence electrons. The fourth-order valence-electron chi connectivity index (χ4n) is 3.58. The Morgan fingerprint density at radius 2 is 1.77 bits per heavy atom. The SMILES string of the molecule is Cc1c(OCc2cc3c(cc2Cl)OCO3)ccc2c(-c3ccccc3)cc(=O)oc12. The van der Waals surface area contributed by atoms with Gasteiger partial charge in [-0.25, -0.2) is 4.79 Å². The standard InChI is InChI=1S/C24H17ClO5/c1-14-20(27-12-16-9-21-22(11-19(16)25)29-13-28-21)8-7-17-18(10-23(26)30-24(14)17)15-5-3-2-4-6-15/h2-11H,12-13H2,1H3. The van der Waals surface area contributed by atoms with Gasteiger partial charge in [0.25, 0.3) is 0 Å². The zero-order chi connectivity index (χ0) is 20.7. The number of rotatable bonds is 4. The lowest BCUT2D eigenvalue weighted by molar-refractivity contribution is 0.174. The van der Waals surface area contributed by atoms with Crippen LogP contribution in [0.3, 0.4) is 0 Å². The molecule has 1 aliphatic rings. The van der Waals surface area contributed by atoms with Crippen LogP contribution in [0.2, 0.25) is 5.02 Å². The van der Waals surface area contributed by atoms with Gasteiger partial charge in [0.2, 0.25) is 6.79 Å². The molecule has 0 unspecified atom stereocenters. The summed E-state index contributed by atoms with van der Waals surface area (Å²) in [6, 6.07) is 18.6. The monoisotopic (exact) mass is 420 g/mol. The summed E-state index contributed by atoms with van der Waals surface area (Å²) in [6.45, 7) is 2.30. The van der Waals surface area contributed by atoms with Gasteiger partial charge in [-0.3, -0.25) is 0 Å². The van der Waals surface area contributed by atoms with Crippen LogP contribution in [0.15, 0.2) is 69.9 Å². The molecule has 0 saturated heterocycles. The predicted molar refractivity (Wildman–Crippen MR) is 115 cm³/mol. The molecular formula is C24H17ClO5. The van der Waals surface area contributed by atoms with E-state index in [-0.39, 0.29) is 13.4 Å². The van der Waals surface area contributed by atoms with Gasteiger partial charge >= 0.3 is 5.63 Å². The highest BCUT2D eigenvalue weighted by Gasteiger charge is 2.18. The van der Waals surface area contributed by atoms with E-state index >= 15 is 0 Å². The normalized spacial score (nSPS) is 12.3. The maximum absolute atomic E-state index is 12.2. The van der Waals surface area contributed by atoms with E-state index in [0.717, 1.165) is 27.6 Å². The molecule has 0 amide bonds. The van der Waals surface area contributed by atoms with Crippen LogP contribution in [0.1, 0.15) is 11.1 Å². The number of ether oxygens (including phenoxy) is 3. The van der Waals surface area contributed by atoms with E-state index < -0.39 is 5.63 Å². The Labute approximate surface area is 177 Å². The zero-order valence-electron chi connectivity index (χ0n) is 16.1. The van der Waals surface area contributed by atoms with Gasteiger partial charge in [0.05, 0.1) is 5.02 Å². The summed E-state index contributed by atoms with van der Waals surface area (Å²) in [5, 5.41) is 1.39. The van der Waals surface area contributed by atoms with Crippen LogP contribution in [0.25, 0.3) is 22.1 Å². The Morgan fingerprint density at radius 1 is 1.00 bits per heavy atom. The predicted octanol–water partition coefficient (Wildman–Crippen LogP) is 5.73. The Kier molecular flexibility index (Phi) is 4.60. The largest absolute Gasteiger partial charge is 0.488 e. The third-order valence-corrected chi connectivity index (χ3v) is 5.47. The average molecular weight is 421 g/mol. The van der Waals surface area contributed by atoms with Crippen LogP contribution in [-0.4, -0.2) is 6.79 Å². The van der Waals surface area contributed by atoms with E-state index in [1.165, 1.54) is 6.07 Å². The minimum Gasteiger partial charge on any atom is -0.488 e. The highest BCUT2D eigenvalue weighted by atomic mass is 35.5. The molecule has 0 fully saturated rings.